The van der Waals surface area contributed by atoms with Crippen molar-refractivity contribution >= 4 is 11.9 Å². The summed E-state index contributed by atoms with van der Waals surface area (Å²) < 4.78 is 11.1. The number of nitrogens with zero attached hydrogens (tertiary/aromatic N) is 1. The second kappa shape index (κ2) is 5.89. The minimum Gasteiger partial charge on any atom is -0.458 e. The molecule has 1 aliphatic rings. The molecule has 0 saturated carbocycles. The molecule has 6 nitrogen and oxygen atoms in total. The van der Waals surface area contributed by atoms with Gasteiger partial charge in [0.05, 0.1) is 5.92 Å². The Hall–Kier alpha value is -1.46. The van der Waals surface area contributed by atoms with Gasteiger partial charge in [-0.2, -0.15) is 0 Å². The highest BCUT2D eigenvalue weighted by Crippen LogP contribution is 2.33. The fourth-order valence-corrected chi connectivity index (χ4v) is 2.33. The molecule has 1 aliphatic heterocycles. The first-order chi connectivity index (χ1) is 9.23. The van der Waals surface area contributed by atoms with Crippen molar-refractivity contribution < 1.29 is 23.8 Å². The number of hydrogen-bond donors (Lipinski definition) is 0. The zero-order chi connectivity index (χ0) is 15.6. The minimum absolute atomic E-state index is 0.0670. The van der Waals surface area contributed by atoms with Crippen LogP contribution in [0.15, 0.2) is 0 Å². The lowest BCUT2D eigenvalue weighted by molar-refractivity contribution is -0.694. The summed E-state index contributed by atoms with van der Waals surface area (Å²) in [7, 11) is 0. The number of carbonyl (C=O) groups excluding carboxylic acids is 2. The number of morpholine rings is 1. The highest BCUT2D eigenvalue weighted by molar-refractivity contribution is 5.79. The van der Waals surface area contributed by atoms with Gasteiger partial charge in [0, 0.05) is 29.4 Å². The number of hydrogen-bond acceptors (Lipinski definition) is 5. The SMILES string of the molecule is CCC1(CC)C(=O)OCC(C)(COC(=O)C(C)C)[N+]1=O. The van der Waals surface area contributed by atoms with E-state index in [1.54, 1.807) is 34.6 Å². The van der Waals surface area contributed by atoms with Gasteiger partial charge in [-0.1, -0.05) is 27.7 Å². The van der Waals surface area contributed by atoms with E-state index in [1.165, 1.54) is 0 Å². The molecule has 1 fully saturated rings. The van der Waals surface area contributed by atoms with Crippen molar-refractivity contribution in [1.82, 2.24) is 0 Å². The number of nitroso groups, excluding NO2 is 1. The van der Waals surface area contributed by atoms with Gasteiger partial charge < -0.3 is 9.47 Å². The summed E-state index contributed by atoms with van der Waals surface area (Å²) in [4.78, 5) is 36.1. The Labute approximate surface area is 119 Å². The van der Waals surface area contributed by atoms with E-state index < -0.39 is 17.0 Å². The summed E-state index contributed by atoms with van der Waals surface area (Å²) in [5.41, 5.74) is -2.22. The van der Waals surface area contributed by atoms with Gasteiger partial charge in [-0.05, 0) is 0 Å². The highest BCUT2D eigenvalue weighted by Gasteiger charge is 2.64. The third-order valence-corrected chi connectivity index (χ3v) is 3.94. The summed E-state index contributed by atoms with van der Waals surface area (Å²) in [6.45, 7) is 8.51. The molecule has 0 aromatic rings. The molecule has 1 atom stereocenters. The lowest BCUT2D eigenvalue weighted by Crippen LogP contribution is -2.65. The van der Waals surface area contributed by atoms with E-state index >= 15 is 0 Å². The van der Waals surface area contributed by atoms with Crippen LogP contribution >= 0.6 is 0 Å². The average Bonchev–Trinajstić information content (AvgIpc) is 2.43. The Morgan fingerprint density at radius 2 is 1.95 bits per heavy atom. The first-order valence-electron chi connectivity index (χ1n) is 7.05. The lowest BCUT2D eigenvalue weighted by Gasteiger charge is -2.34. The fraction of sp³-hybridized carbons (Fsp3) is 0.857. The number of cyclic esters (lactones) is 1. The molecule has 0 aromatic heterocycles. The zero-order valence-electron chi connectivity index (χ0n) is 12.9. The van der Waals surface area contributed by atoms with Crippen LogP contribution in [0.1, 0.15) is 47.5 Å². The van der Waals surface area contributed by atoms with Gasteiger partial charge in [0.1, 0.15) is 0 Å². The molecule has 6 heteroatoms. The summed E-state index contributed by atoms with van der Waals surface area (Å²) in [5.74, 6) is -1.12. The monoisotopic (exact) mass is 286 g/mol. The van der Waals surface area contributed by atoms with Crippen molar-refractivity contribution in [1.29, 1.82) is 0 Å². The van der Waals surface area contributed by atoms with Crippen LogP contribution in [0.25, 0.3) is 0 Å². The summed E-state index contributed by atoms with van der Waals surface area (Å²) in [6, 6.07) is 0. The largest absolute Gasteiger partial charge is 0.458 e. The Bertz CT molecular complexity index is 414. The minimum atomic E-state index is -1.18. The topological polar surface area (TPSA) is 72.7 Å². The molecule has 1 unspecified atom stereocenters. The Kier molecular flexibility index (Phi) is 4.89. The van der Waals surface area contributed by atoms with Gasteiger partial charge in [0.25, 0.3) is 5.54 Å². The van der Waals surface area contributed by atoms with Crippen LogP contribution < -0.4 is 0 Å². The van der Waals surface area contributed by atoms with E-state index in [9.17, 15) is 14.5 Å². The van der Waals surface area contributed by atoms with E-state index in [1.807, 2.05) is 0 Å². The van der Waals surface area contributed by atoms with Crippen molar-refractivity contribution in [3.63, 3.8) is 0 Å². The third kappa shape index (κ3) is 2.69. The van der Waals surface area contributed by atoms with E-state index in [4.69, 9.17) is 9.47 Å². The van der Waals surface area contributed by atoms with Crippen molar-refractivity contribution in [2.45, 2.75) is 58.5 Å². The number of carbonyl (C=O) groups is 2. The fourth-order valence-electron chi connectivity index (χ4n) is 2.33. The molecule has 0 aromatic carbocycles. The summed E-state index contributed by atoms with van der Waals surface area (Å²) in [5, 5.41) is 0. The molecule has 0 spiro atoms. The van der Waals surface area contributed by atoms with Gasteiger partial charge >= 0.3 is 17.5 Å². The molecule has 0 amide bonds. The van der Waals surface area contributed by atoms with Crippen LogP contribution in [-0.4, -0.2) is 41.0 Å². The first kappa shape index (κ1) is 16.6. The molecular formula is C14H24NO5+. The van der Waals surface area contributed by atoms with E-state index in [2.05, 4.69) is 0 Å². The number of esters is 2. The number of ether oxygens (including phenoxy) is 2. The molecule has 0 radical (unpaired) electrons. The van der Waals surface area contributed by atoms with Crippen molar-refractivity contribution in [3.8, 4) is 0 Å². The van der Waals surface area contributed by atoms with Gasteiger partial charge in [0.2, 0.25) is 0 Å². The third-order valence-electron chi connectivity index (χ3n) is 3.94. The molecule has 1 saturated heterocycles. The molecule has 0 aliphatic carbocycles. The van der Waals surface area contributed by atoms with Crippen LogP contribution in [-0.2, 0) is 19.1 Å². The molecule has 0 bridgehead atoms. The second-order valence-electron chi connectivity index (χ2n) is 5.87. The summed E-state index contributed by atoms with van der Waals surface area (Å²) in [6.07, 6.45) is 0.721. The van der Waals surface area contributed by atoms with E-state index in [0.29, 0.717) is 12.8 Å². The predicted molar refractivity (Wildman–Crippen MR) is 72.1 cm³/mol. The molecule has 1 heterocycles. The Morgan fingerprint density at radius 3 is 2.40 bits per heavy atom. The molecule has 0 N–H and O–H groups in total. The van der Waals surface area contributed by atoms with E-state index in [0.717, 1.165) is 4.76 Å². The van der Waals surface area contributed by atoms with E-state index in [-0.39, 0.29) is 25.1 Å². The van der Waals surface area contributed by atoms with Crippen LogP contribution in [0.2, 0.25) is 0 Å². The standard InChI is InChI=1S/C14H24NO5/c1-6-14(7-2)12(17)20-9-13(5,15(14)18)8-19-11(16)10(3)4/h10H,6-9H2,1-5H3/q+1. The second-order valence-corrected chi connectivity index (χ2v) is 5.87. The maximum atomic E-state index is 12.6. The highest BCUT2D eigenvalue weighted by atomic mass is 16.6. The number of rotatable bonds is 5. The predicted octanol–water partition coefficient (Wildman–Crippen LogP) is 1.84. The van der Waals surface area contributed by atoms with Gasteiger partial charge in [-0.25, -0.2) is 4.79 Å². The van der Waals surface area contributed by atoms with Crippen LogP contribution in [0.3, 0.4) is 0 Å². The maximum absolute atomic E-state index is 12.6. The molecule has 20 heavy (non-hydrogen) atoms. The van der Waals surface area contributed by atoms with Crippen LogP contribution in [0, 0.1) is 10.8 Å². The Balaban J connectivity index is 2.92. The smallest absolute Gasteiger partial charge is 0.383 e. The molecule has 114 valence electrons. The van der Waals surface area contributed by atoms with Crippen molar-refractivity contribution in [3.05, 3.63) is 4.91 Å². The van der Waals surface area contributed by atoms with Crippen LogP contribution in [0.5, 0.6) is 0 Å². The van der Waals surface area contributed by atoms with Gasteiger partial charge in [-0.15, -0.1) is 0 Å². The molecular weight excluding hydrogens is 262 g/mol. The van der Waals surface area contributed by atoms with Crippen molar-refractivity contribution in [2.24, 2.45) is 5.92 Å². The lowest BCUT2D eigenvalue weighted by atomic mass is 9.86. The Morgan fingerprint density at radius 1 is 1.40 bits per heavy atom. The van der Waals surface area contributed by atoms with Gasteiger partial charge in [-0.3, -0.25) is 4.79 Å². The quantitative estimate of drug-likeness (QED) is 0.569. The summed E-state index contributed by atoms with van der Waals surface area (Å²) >= 11 is 0. The van der Waals surface area contributed by atoms with Gasteiger partial charge in [0.15, 0.2) is 13.2 Å². The molecule has 1 rings (SSSR count). The normalized spacial score (nSPS) is 25.5. The average molecular weight is 286 g/mol. The maximum Gasteiger partial charge on any atom is 0.383 e. The van der Waals surface area contributed by atoms with Crippen molar-refractivity contribution in [2.75, 3.05) is 13.2 Å². The van der Waals surface area contributed by atoms with Crippen LogP contribution in [0.4, 0.5) is 0 Å². The zero-order valence-corrected chi connectivity index (χ0v) is 12.9. The first-order valence-corrected chi connectivity index (χ1v) is 7.05.